The van der Waals surface area contributed by atoms with Crippen molar-refractivity contribution in [2.45, 2.75) is 0 Å². The van der Waals surface area contributed by atoms with Gasteiger partial charge in [0.25, 0.3) is 0 Å². The Morgan fingerprint density at radius 3 is 1.73 bits per heavy atom. The van der Waals surface area contributed by atoms with E-state index in [1.54, 1.807) is 12.2 Å². The second-order valence-corrected chi connectivity index (χ2v) is 16.8. The summed E-state index contributed by atoms with van der Waals surface area (Å²) in [5, 5.41) is 0. The summed E-state index contributed by atoms with van der Waals surface area (Å²) in [6.07, 6.45) is 3.16. The van der Waals surface area contributed by atoms with Gasteiger partial charge in [-0.2, -0.15) is 0 Å². The van der Waals surface area contributed by atoms with Gasteiger partial charge in [0.1, 0.15) is 0 Å². The molecular weight excluding hydrogens is 353 g/mol. The molecule has 0 N–H and O–H groups in total. The van der Waals surface area contributed by atoms with Gasteiger partial charge < -0.3 is 0 Å². The fourth-order valence-electron chi connectivity index (χ4n) is 0.354. The molecule has 11 heavy (non-hydrogen) atoms. The average Bonchev–Trinajstić information content (AvgIpc) is 1.97. The van der Waals surface area contributed by atoms with E-state index >= 15 is 0 Å². The van der Waals surface area contributed by atoms with E-state index in [2.05, 4.69) is 13.2 Å². The van der Waals surface area contributed by atoms with Crippen molar-refractivity contribution >= 4 is 17.2 Å². The monoisotopic (exact) mass is 364 g/mol. The standard InChI is InChI=1S/2C3H5O.2ClH.Hf/c2*1-2-3-4;;;/h2*2H,1,3H2;2*1H;/q2*-1;;;+4/p-2. The van der Waals surface area contributed by atoms with Crippen LogP contribution in [0.2, 0.25) is 0 Å². The normalized spacial score (nSPS) is 11.1. The molecule has 0 saturated carbocycles. The number of rotatable bonds is 6. The van der Waals surface area contributed by atoms with Crippen LogP contribution in [0.25, 0.3) is 0 Å². The van der Waals surface area contributed by atoms with Gasteiger partial charge >= 0.3 is 79.9 Å². The molecule has 0 aliphatic heterocycles. The van der Waals surface area contributed by atoms with Gasteiger partial charge in [0.2, 0.25) is 0 Å². The van der Waals surface area contributed by atoms with Gasteiger partial charge in [-0.1, -0.05) is 0 Å². The average molecular weight is 364 g/mol. The first kappa shape index (κ1) is 11.9. The Morgan fingerprint density at radius 2 is 1.45 bits per heavy atom. The van der Waals surface area contributed by atoms with Crippen molar-refractivity contribution in [3.05, 3.63) is 25.3 Å². The maximum atomic E-state index is 5.74. The first-order chi connectivity index (χ1) is 5.12. The Bertz CT molecular complexity index is 125. The van der Waals surface area contributed by atoms with Gasteiger partial charge in [-0.25, -0.2) is 0 Å². The zero-order chi connectivity index (χ0) is 8.74. The van der Waals surface area contributed by atoms with Gasteiger partial charge in [-0.15, -0.1) is 0 Å². The van der Waals surface area contributed by atoms with Crippen LogP contribution in [0.1, 0.15) is 0 Å². The first-order valence-electron chi connectivity index (χ1n) is 3.00. The summed E-state index contributed by atoms with van der Waals surface area (Å²) in [4.78, 5) is 0. The zero-order valence-corrected chi connectivity index (χ0v) is 11.2. The number of halogens is 2. The molecule has 0 heterocycles. The quantitative estimate of drug-likeness (QED) is 0.534. The summed E-state index contributed by atoms with van der Waals surface area (Å²) < 4.78 is 10.1. The molecule has 0 fully saturated rings. The van der Waals surface area contributed by atoms with E-state index in [4.69, 9.17) is 22.9 Å². The number of hydrogen-bond donors (Lipinski definition) is 0. The van der Waals surface area contributed by atoms with Crippen LogP contribution in [-0.4, -0.2) is 13.2 Å². The summed E-state index contributed by atoms with van der Waals surface area (Å²) in [5.74, 6) is 0. The molecule has 0 aromatic carbocycles. The molecular formula is C6H10Cl2HfO2. The van der Waals surface area contributed by atoms with Gasteiger partial charge in [0, 0.05) is 0 Å². The zero-order valence-electron chi connectivity index (χ0n) is 6.06. The third-order valence-electron chi connectivity index (χ3n) is 0.738. The van der Waals surface area contributed by atoms with Crippen LogP contribution >= 0.6 is 17.2 Å². The molecule has 0 aliphatic rings. The van der Waals surface area contributed by atoms with E-state index < -0.39 is 18.5 Å². The summed E-state index contributed by atoms with van der Waals surface area (Å²) in [5.41, 5.74) is 0. The Morgan fingerprint density at radius 1 is 1.09 bits per heavy atom. The van der Waals surface area contributed by atoms with Crippen molar-refractivity contribution in [1.82, 2.24) is 0 Å². The van der Waals surface area contributed by atoms with E-state index in [1.807, 2.05) is 0 Å². The van der Waals surface area contributed by atoms with Gasteiger partial charge in [-0.3, -0.25) is 0 Å². The second-order valence-electron chi connectivity index (χ2n) is 1.66. The molecule has 0 radical (unpaired) electrons. The summed E-state index contributed by atoms with van der Waals surface area (Å²) in [7, 11) is 11.5. The molecule has 0 aliphatic carbocycles. The molecule has 0 amide bonds. The van der Waals surface area contributed by atoms with Crippen LogP contribution in [0.4, 0.5) is 0 Å². The molecule has 0 aromatic heterocycles. The van der Waals surface area contributed by atoms with Gasteiger partial charge in [0.05, 0.1) is 0 Å². The predicted molar refractivity (Wildman–Crippen MR) is 44.0 cm³/mol. The van der Waals surface area contributed by atoms with E-state index in [9.17, 15) is 0 Å². The van der Waals surface area contributed by atoms with Crippen molar-refractivity contribution in [2.75, 3.05) is 13.2 Å². The Kier molecular flexibility index (Phi) is 6.87. The fourth-order valence-corrected chi connectivity index (χ4v) is 4.96. The van der Waals surface area contributed by atoms with Gasteiger partial charge in [-0.05, 0) is 0 Å². The minimum atomic E-state index is -3.75. The summed E-state index contributed by atoms with van der Waals surface area (Å²) >= 11 is -3.75. The van der Waals surface area contributed by atoms with E-state index in [0.717, 1.165) is 0 Å². The Labute approximate surface area is 79.5 Å². The predicted octanol–water partition coefficient (Wildman–Crippen LogP) is 2.68. The first-order valence-corrected chi connectivity index (χ1v) is 14.8. The Balaban J connectivity index is 3.59. The third kappa shape index (κ3) is 7.22. The molecule has 0 spiro atoms. The molecule has 0 aromatic rings. The molecule has 0 bridgehead atoms. The molecule has 2 nitrogen and oxygen atoms in total. The third-order valence-corrected chi connectivity index (χ3v) is 7.92. The molecule has 0 atom stereocenters. The van der Waals surface area contributed by atoms with E-state index in [-0.39, 0.29) is 0 Å². The van der Waals surface area contributed by atoms with Crippen LogP contribution in [0.5, 0.6) is 0 Å². The van der Waals surface area contributed by atoms with Crippen LogP contribution < -0.4 is 0 Å². The SMILES string of the molecule is C=CC[O][Hf]([Cl])([Cl])[O]CC=C. The molecule has 5 heteroatoms. The van der Waals surface area contributed by atoms with Crippen LogP contribution in [0.3, 0.4) is 0 Å². The number of hydrogen-bond acceptors (Lipinski definition) is 2. The maximum absolute atomic E-state index is 5.74. The van der Waals surface area contributed by atoms with Crippen molar-refractivity contribution in [1.29, 1.82) is 0 Å². The van der Waals surface area contributed by atoms with Crippen molar-refractivity contribution in [2.24, 2.45) is 0 Å². The van der Waals surface area contributed by atoms with Crippen LogP contribution in [-0.2, 0) is 24.2 Å². The topological polar surface area (TPSA) is 18.5 Å². The van der Waals surface area contributed by atoms with E-state index in [1.165, 1.54) is 0 Å². The van der Waals surface area contributed by atoms with Crippen molar-refractivity contribution in [3.63, 3.8) is 0 Å². The molecule has 0 rings (SSSR count). The van der Waals surface area contributed by atoms with E-state index in [0.29, 0.717) is 13.2 Å². The Hall–Kier alpha value is 0.850. The molecule has 0 saturated heterocycles. The van der Waals surface area contributed by atoms with Crippen LogP contribution in [0, 0.1) is 0 Å². The molecule has 0 unspecified atom stereocenters. The summed E-state index contributed by atoms with van der Waals surface area (Å²) in [6, 6.07) is 0. The van der Waals surface area contributed by atoms with Crippen LogP contribution in [0.15, 0.2) is 25.3 Å². The minimum absolute atomic E-state index is 0.339. The second kappa shape index (κ2) is 6.38. The summed E-state index contributed by atoms with van der Waals surface area (Å²) in [6.45, 7) is 7.60. The molecule has 64 valence electrons. The van der Waals surface area contributed by atoms with Gasteiger partial charge in [0.15, 0.2) is 0 Å². The van der Waals surface area contributed by atoms with Crippen molar-refractivity contribution < 1.29 is 24.2 Å². The fraction of sp³-hybridized carbons (Fsp3) is 0.333. The van der Waals surface area contributed by atoms with Crippen molar-refractivity contribution in [3.8, 4) is 0 Å².